The number of amides is 1. The molecule has 138 valence electrons. The topological polar surface area (TPSA) is 32.8 Å². The molecule has 0 saturated carbocycles. The number of benzene rings is 1. The first-order valence-electron chi connectivity index (χ1n) is 8.48. The molecule has 24 heavy (non-hydrogen) atoms. The highest BCUT2D eigenvalue weighted by Gasteiger charge is 2.18. The van der Waals surface area contributed by atoms with Crippen LogP contribution in [0.2, 0.25) is 0 Å². The predicted octanol–water partition coefficient (Wildman–Crippen LogP) is 3.60. The van der Waals surface area contributed by atoms with E-state index in [2.05, 4.69) is 51.7 Å². The van der Waals surface area contributed by atoms with Crippen LogP contribution in [0.3, 0.4) is 0 Å². The van der Waals surface area contributed by atoms with Crippen LogP contribution in [0, 0.1) is 20.8 Å². The van der Waals surface area contributed by atoms with Gasteiger partial charge in [0.2, 0.25) is 5.91 Å². The Morgan fingerprint density at radius 1 is 1.12 bits per heavy atom. The summed E-state index contributed by atoms with van der Waals surface area (Å²) in [5, 5.41) is 0. The quantitative estimate of drug-likeness (QED) is 0.713. The summed E-state index contributed by atoms with van der Waals surface area (Å²) in [7, 11) is 1.86. The van der Waals surface area contributed by atoms with E-state index in [9.17, 15) is 4.79 Å². The average Bonchev–Trinajstić information content (AvgIpc) is 2.50. The van der Waals surface area contributed by atoms with Gasteiger partial charge in [-0.1, -0.05) is 31.5 Å². The van der Waals surface area contributed by atoms with Crippen molar-refractivity contribution in [1.82, 2.24) is 9.80 Å². The first-order valence-corrected chi connectivity index (χ1v) is 8.48. The normalized spacial score (nSPS) is 11.8. The Hall–Kier alpha value is -1.26. The van der Waals surface area contributed by atoms with Crippen LogP contribution in [0.1, 0.15) is 37.5 Å². The van der Waals surface area contributed by atoms with Crippen LogP contribution >= 0.6 is 12.4 Å². The van der Waals surface area contributed by atoms with E-state index in [4.69, 9.17) is 4.74 Å². The number of halogens is 1. The molecule has 0 aromatic heterocycles. The molecular formula is C19H33ClN2O2. The molecule has 0 aliphatic heterocycles. The molecule has 4 nitrogen and oxygen atoms in total. The fraction of sp³-hybridized carbons (Fsp3) is 0.632. The fourth-order valence-electron chi connectivity index (χ4n) is 2.71. The summed E-state index contributed by atoms with van der Waals surface area (Å²) in [6.07, 6.45) is 0. The second kappa shape index (κ2) is 10.6. The monoisotopic (exact) mass is 356 g/mol. The number of ether oxygens (including phenoxy) is 1. The molecule has 0 N–H and O–H groups in total. The van der Waals surface area contributed by atoms with Crippen LogP contribution in [0.4, 0.5) is 0 Å². The van der Waals surface area contributed by atoms with Gasteiger partial charge in [-0.2, -0.15) is 0 Å². The maximum Gasteiger partial charge on any atom is 0.236 e. The Balaban J connectivity index is 0.00000529. The molecule has 1 unspecified atom stereocenters. The van der Waals surface area contributed by atoms with E-state index in [1.54, 1.807) is 4.90 Å². The Morgan fingerprint density at radius 2 is 1.62 bits per heavy atom. The van der Waals surface area contributed by atoms with Crippen molar-refractivity contribution >= 4 is 18.3 Å². The van der Waals surface area contributed by atoms with Crippen molar-refractivity contribution in [2.45, 2.75) is 47.6 Å². The van der Waals surface area contributed by atoms with Crippen LogP contribution < -0.4 is 4.74 Å². The van der Waals surface area contributed by atoms with Gasteiger partial charge in [0.15, 0.2) is 0 Å². The maximum absolute atomic E-state index is 12.3. The molecule has 0 aliphatic carbocycles. The minimum atomic E-state index is 0. The number of nitrogens with zero attached hydrogens (tertiary/aromatic N) is 2. The van der Waals surface area contributed by atoms with Crippen molar-refractivity contribution in [3.05, 3.63) is 28.8 Å². The van der Waals surface area contributed by atoms with Crippen LogP contribution in [0.5, 0.6) is 5.75 Å². The Kier molecular flexibility index (Phi) is 10.0. The zero-order chi connectivity index (χ0) is 17.6. The van der Waals surface area contributed by atoms with E-state index >= 15 is 0 Å². The standard InChI is InChI=1S/C19H32N2O2.ClH/c1-8-21(9-2)12-18(22)20(7)17(6)13-23-19-15(4)10-14(3)11-16(19)5;/h10-11,17H,8-9,12-13H2,1-7H3;1H. The molecule has 0 aliphatic rings. The lowest BCUT2D eigenvalue weighted by Crippen LogP contribution is -2.44. The Morgan fingerprint density at radius 3 is 2.08 bits per heavy atom. The summed E-state index contributed by atoms with van der Waals surface area (Å²) in [5.74, 6) is 1.08. The molecule has 1 aromatic rings. The minimum Gasteiger partial charge on any atom is -0.491 e. The summed E-state index contributed by atoms with van der Waals surface area (Å²) in [6, 6.07) is 4.29. The number of hydrogen-bond donors (Lipinski definition) is 0. The lowest BCUT2D eigenvalue weighted by atomic mass is 10.1. The first kappa shape index (κ1) is 22.7. The van der Waals surface area contributed by atoms with Gasteiger partial charge in [0.05, 0.1) is 12.6 Å². The van der Waals surface area contributed by atoms with Crippen LogP contribution in [-0.4, -0.2) is 55.0 Å². The molecule has 0 fully saturated rings. The number of likely N-dealkylation sites (N-methyl/N-ethyl adjacent to an activating group) is 2. The average molecular weight is 357 g/mol. The highest BCUT2D eigenvalue weighted by Crippen LogP contribution is 2.24. The largest absolute Gasteiger partial charge is 0.491 e. The van der Waals surface area contributed by atoms with Gasteiger partial charge in [0, 0.05) is 7.05 Å². The molecule has 1 atom stereocenters. The lowest BCUT2D eigenvalue weighted by molar-refractivity contribution is -0.133. The van der Waals surface area contributed by atoms with Crippen molar-refractivity contribution in [2.75, 3.05) is 33.3 Å². The number of carbonyl (C=O) groups is 1. The van der Waals surface area contributed by atoms with E-state index in [0.29, 0.717) is 13.2 Å². The van der Waals surface area contributed by atoms with E-state index in [0.717, 1.165) is 30.0 Å². The number of hydrogen-bond acceptors (Lipinski definition) is 3. The number of aryl methyl sites for hydroxylation is 3. The Labute approximate surface area is 153 Å². The zero-order valence-electron chi connectivity index (χ0n) is 16.2. The molecule has 0 spiro atoms. The summed E-state index contributed by atoms with van der Waals surface area (Å²) in [6.45, 7) is 15.2. The molecule has 0 radical (unpaired) electrons. The van der Waals surface area contributed by atoms with Gasteiger partial charge < -0.3 is 9.64 Å². The lowest BCUT2D eigenvalue weighted by Gasteiger charge is -2.28. The van der Waals surface area contributed by atoms with Gasteiger partial charge in [-0.05, 0) is 51.9 Å². The summed E-state index contributed by atoms with van der Waals surface area (Å²) in [5.41, 5.74) is 3.53. The minimum absolute atomic E-state index is 0. The fourth-order valence-corrected chi connectivity index (χ4v) is 2.71. The molecule has 0 bridgehead atoms. The molecule has 1 amide bonds. The van der Waals surface area contributed by atoms with Gasteiger partial charge in [-0.25, -0.2) is 0 Å². The van der Waals surface area contributed by atoms with Gasteiger partial charge in [0.25, 0.3) is 0 Å². The third kappa shape index (κ3) is 6.33. The van der Waals surface area contributed by atoms with E-state index in [1.165, 1.54) is 5.56 Å². The number of rotatable bonds is 8. The van der Waals surface area contributed by atoms with Crippen LogP contribution in [0.25, 0.3) is 0 Å². The zero-order valence-corrected chi connectivity index (χ0v) is 17.0. The first-order chi connectivity index (χ1) is 10.8. The summed E-state index contributed by atoms with van der Waals surface area (Å²) in [4.78, 5) is 16.2. The van der Waals surface area contributed by atoms with Crippen molar-refractivity contribution in [1.29, 1.82) is 0 Å². The maximum atomic E-state index is 12.3. The van der Waals surface area contributed by atoms with Crippen LogP contribution in [0.15, 0.2) is 12.1 Å². The van der Waals surface area contributed by atoms with Gasteiger partial charge in [-0.3, -0.25) is 9.69 Å². The molecular weight excluding hydrogens is 324 g/mol. The van der Waals surface area contributed by atoms with Crippen molar-refractivity contribution in [2.24, 2.45) is 0 Å². The molecule has 0 heterocycles. The van der Waals surface area contributed by atoms with Gasteiger partial charge in [0.1, 0.15) is 12.4 Å². The molecule has 0 saturated heterocycles. The van der Waals surface area contributed by atoms with Gasteiger partial charge >= 0.3 is 0 Å². The summed E-state index contributed by atoms with van der Waals surface area (Å²) < 4.78 is 6.01. The van der Waals surface area contributed by atoms with Crippen LogP contribution in [-0.2, 0) is 4.79 Å². The highest BCUT2D eigenvalue weighted by molar-refractivity contribution is 5.85. The predicted molar refractivity (Wildman–Crippen MR) is 103 cm³/mol. The third-order valence-corrected chi connectivity index (χ3v) is 4.38. The van der Waals surface area contributed by atoms with Crippen molar-refractivity contribution < 1.29 is 9.53 Å². The molecule has 1 rings (SSSR count). The van der Waals surface area contributed by atoms with E-state index in [-0.39, 0.29) is 24.4 Å². The van der Waals surface area contributed by atoms with Crippen molar-refractivity contribution in [3.8, 4) is 5.75 Å². The highest BCUT2D eigenvalue weighted by atomic mass is 35.5. The van der Waals surface area contributed by atoms with E-state index in [1.807, 2.05) is 14.0 Å². The SMILES string of the molecule is CCN(CC)CC(=O)N(C)C(C)COc1c(C)cc(C)cc1C.Cl. The second-order valence-corrected chi connectivity index (χ2v) is 6.35. The molecule has 5 heteroatoms. The van der Waals surface area contributed by atoms with E-state index < -0.39 is 0 Å². The third-order valence-electron chi connectivity index (χ3n) is 4.38. The molecule has 1 aromatic carbocycles. The van der Waals surface area contributed by atoms with Gasteiger partial charge in [-0.15, -0.1) is 12.4 Å². The summed E-state index contributed by atoms with van der Waals surface area (Å²) >= 11 is 0. The second-order valence-electron chi connectivity index (χ2n) is 6.35. The van der Waals surface area contributed by atoms with Crippen molar-refractivity contribution in [3.63, 3.8) is 0 Å². The number of carbonyl (C=O) groups excluding carboxylic acids is 1. The smallest absolute Gasteiger partial charge is 0.236 e. The Bertz CT molecular complexity index is 507.